The van der Waals surface area contributed by atoms with Crippen molar-refractivity contribution in [3.63, 3.8) is 0 Å². The molecule has 0 bridgehead atoms. The van der Waals surface area contributed by atoms with Crippen LogP contribution < -0.4 is 5.32 Å². The fraction of sp³-hybridized carbons (Fsp3) is 0.154. The molecule has 35 heavy (non-hydrogen) atoms. The third-order valence-electron chi connectivity index (χ3n) is 5.51. The van der Waals surface area contributed by atoms with Crippen LogP contribution in [0.3, 0.4) is 0 Å². The number of para-hydroxylation sites is 2. The number of thioether (sulfide) groups is 1. The molecule has 9 heteroatoms. The molecule has 8 nitrogen and oxygen atoms in total. The number of hydrogen-bond donors (Lipinski definition) is 1. The van der Waals surface area contributed by atoms with Gasteiger partial charge in [0.1, 0.15) is 0 Å². The molecule has 5 rings (SSSR count). The largest absolute Gasteiger partial charge is 0.461 e. The van der Waals surface area contributed by atoms with Crippen molar-refractivity contribution in [1.29, 1.82) is 0 Å². The summed E-state index contributed by atoms with van der Waals surface area (Å²) < 4.78 is 9.35. The van der Waals surface area contributed by atoms with Gasteiger partial charge in [-0.1, -0.05) is 48.2 Å². The number of carbonyl (C=O) groups excluding carboxylic acids is 1. The Bertz CT molecular complexity index is 1430. The molecule has 0 fully saturated rings. The third kappa shape index (κ3) is 4.76. The SMILES string of the molecule is Cc1nn(-c2ccccc2)c(C)c1NC(=O)CCSc1nnc(-c2ccco2)n1-c1ccccc1. The van der Waals surface area contributed by atoms with Crippen molar-refractivity contribution < 1.29 is 9.21 Å². The van der Waals surface area contributed by atoms with Gasteiger partial charge in [0.2, 0.25) is 11.7 Å². The van der Waals surface area contributed by atoms with Gasteiger partial charge in [-0.3, -0.25) is 9.36 Å². The van der Waals surface area contributed by atoms with E-state index in [1.165, 1.54) is 11.8 Å². The quantitative estimate of drug-likeness (QED) is 0.295. The lowest BCUT2D eigenvalue weighted by molar-refractivity contribution is -0.115. The second kappa shape index (κ2) is 10.0. The van der Waals surface area contributed by atoms with E-state index in [0.29, 0.717) is 28.9 Å². The number of amides is 1. The van der Waals surface area contributed by atoms with Gasteiger partial charge in [0.15, 0.2) is 10.9 Å². The summed E-state index contributed by atoms with van der Waals surface area (Å²) in [5.74, 6) is 1.72. The zero-order chi connectivity index (χ0) is 24.2. The van der Waals surface area contributed by atoms with Crippen LogP contribution in [0.4, 0.5) is 5.69 Å². The Kier molecular flexibility index (Phi) is 6.49. The third-order valence-corrected chi connectivity index (χ3v) is 6.44. The lowest BCUT2D eigenvalue weighted by atomic mass is 10.3. The first-order chi connectivity index (χ1) is 17.1. The molecule has 0 saturated heterocycles. The normalized spacial score (nSPS) is 11.0. The molecule has 1 amide bonds. The second-order valence-corrected chi connectivity index (χ2v) is 8.96. The van der Waals surface area contributed by atoms with Gasteiger partial charge >= 0.3 is 0 Å². The molecule has 0 aliphatic heterocycles. The van der Waals surface area contributed by atoms with Crippen LogP contribution in [-0.2, 0) is 4.79 Å². The maximum absolute atomic E-state index is 12.8. The van der Waals surface area contributed by atoms with E-state index in [4.69, 9.17) is 4.42 Å². The predicted octanol–water partition coefficient (Wildman–Crippen LogP) is 5.45. The molecular formula is C26H24N6O2S. The molecule has 2 aromatic carbocycles. The number of carbonyl (C=O) groups is 1. The molecule has 0 aliphatic rings. The minimum absolute atomic E-state index is 0.0756. The lowest BCUT2D eigenvalue weighted by Gasteiger charge is -2.09. The van der Waals surface area contributed by atoms with Crippen molar-refractivity contribution in [2.45, 2.75) is 25.4 Å². The van der Waals surface area contributed by atoms with E-state index in [-0.39, 0.29) is 5.91 Å². The highest BCUT2D eigenvalue weighted by Crippen LogP contribution is 2.29. The number of anilines is 1. The molecule has 5 aromatic rings. The fourth-order valence-electron chi connectivity index (χ4n) is 3.82. The standard InChI is InChI=1S/C26H24N6O2S/c1-18-24(19(2)32(30-18)21-12-7-4-8-13-21)27-23(33)15-17-35-26-29-28-25(22-14-9-16-34-22)31(26)20-10-5-3-6-11-20/h3-14,16H,15,17H2,1-2H3,(H,27,33). The van der Waals surface area contributed by atoms with Crippen molar-refractivity contribution in [2.75, 3.05) is 11.1 Å². The maximum Gasteiger partial charge on any atom is 0.225 e. The van der Waals surface area contributed by atoms with Gasteiger partial charge in [0.25, 0.3) is 0 Å². The summed E-state index contributed by atoms with van der Waals surface area (Å²) in [5.41, 5.74) is 4.30. The Morgan fingerprint density at radius 1 is 0.943 bits per heavy atom. The zero-order valence-corrected chi connectivity index (χ0v) is 20.2. The molecule has 0 atom stereocenters. The first-order valence-corrected chi connectivity index (χ1v) is 12.2. The van der Waals surface area contributed by atoms with Gasteiger partial charge in [-0.2, -0.15) is 5.10 Å². The van der Waals surface area contributed by atoms with E-state index in [9.17, 15) is 4.79 Å². The summed E-state index contributed by atoms with van der Waals surface area (Å²) in [4.78, 5) is 12.8. The van der Waals surface area contributed by atoms with E-state index in [2.05, 4.69) is 20.6 Å². The second-order valence-electron chi connectivity index (χ2n) is 7.89. The molecule has 0 aliphatic carbocycles. The molecule has 176 valence electrons. The Morgan fingerprint density at radius 3 is 2.34 bits per heavy atom. The van der Waals surface area contributed by atoms with E-state index in [1.54, 1.807) is 6.26 Å². The summed E-state index contributed by atoms with van der Waals surface area (Å²) >= 11 is 1.48. The van der Waals surface area contributed by atoms with Crippen molar-refractivity contribution in [2.24, 2.45) is 0 Å². The van der Waals surface area contributed by atoms with Crippen LogP contribution in [0.25, 0.3) is 23.0 Å². The van der Waals surface area contributed by atoms with Crippen LogP contribution in [0.2, 0.25) is 0 Å². The highest BCUT2D eigenvalue weighted by molar-refractivity contribution is 7.99. The molecule has 3 aromatic heterocycles. The predicted molar refractivity (Wildman–Crippen MR) is 136 cm³/mol. The molecule has 3 heterocycles. The Labute approximate surface area is 207 Å². The Hall–Kier alpha value is -4.11. The van der Waals surface area contributed by atoms with Crippen LogP contribution in [-0.4, -0.2) is 36.2 Å². The van der Waals surface area contributed by atoms with Gasteiger partial charge in [-0.05, 0) is 50.2 Å². The summed E-state index contributed by atoms with van der Waals surface area (Å²) in [6.45, 7) is 3.85. The van der Waals surface area contributed by atoms with Crippen LogP contribution >= 0.6 is 11.8 Å². The van der Waals surface area contributed by atoms with E-state index < -0.39 is 0 Å². The van der Waals surface area contributed by atoms with Crippen LogP contribution in [0.1, 0.15) is 17.8 Å². The number of aryl methyl sites for hydroxylation is 1. The molecule has 0 unspecified atom stereocenters. The van der Waals surface area contributed by atoms with E-state index in [0.717, 1.165) is 28.5 Å². The van der Waals surface area contributed by atoms with Gasteiger partial charge in [-0.15, -0.1) is 10.2 Å². The van der Waals surface area contributed by atoms with Crippen molar-refractivity contribution in [1.82, 2.24) is 24.5 Å². The Balaban J connectivity index is 1.28. The van der Waals surface area contributed by atoms with Crippen molar-refractivity contribution in [3.05, 3.63) is 90.4 Å². The summed E-state index contributed by atoms with van der Waals surface area (Å²) in [6, 6.07) is 23.4. The van der Waals surface area contributed by atoms with Gasteiger partial charge < -0.3 is 9.73 Å². The summed E-state index contributed by atoms with van der Waals surface area (Å²) in [6.07, 6.45) is 1.93. The number of benzene rings is 2. The van der Waals surface area contributed by atoms with Gasteiger partial charge in [0, 0.05) is 17.9 Å². The molecule has 0 radical (unpaired) electrons. The maximum atomic E-state index is 12.8. The smallest absolute Gasteiger partial charge is 0.225 e. The number of nitrogens with one attached hydrogen (secondary N) is 1. The van der Waals surface area contributed by atoms with Gasteiger partial charge in [0.05, 0.1) is 29.0 Å². The van der Waals surface area contributed by atoms with Crippen LogP contribution in [0.15, 0.2) is 88.6 Å². The highest BCUT2D eigenvalue weighted by atomic mass is 32.2. The average Bonchev–Trinajstić information content (AvgIpc) is 3.62. The van der Waals surface area contributed by atoms with E-state index in [1.807, 2.05) is 95.9 Å². The molecular weight excluding hydrogens is 460 g/mol. The fourth-order valence-corrected chi connectivity index (χ4v) is 4.71. The van der Waals surface area contributed by atoms with Gasteiger partial charge in [-0.25, -0.2) is 4.68 Å². The summed E-state index contributed by atoms with van der Waals surface area (Å²) in [7, 11) is 0. The number of nitrogens with zero attached hydrogens (tertiary/aromatic N) is 5. The van der Waals surface area contributed by atoms with Crippen molar-refractivity contribution in [3.8, 4) is 23.0 Å². The average molecular weight is 485 g/mol. The van der Waals surface area contributed by atoms with Crippen molar-refractivity contribution >= 4 is 23.4 Å². The highest BCUT2D eigenvalue weighted by Gasteiger charge is 2.19. The molecule has 0 spiro atoms. The Morgan fingerprint density at radius 2 is 1.66 bits per heavy atom. The minimum atomic E-state index is -0.0756. The van der Waals surface area contributed by atoms with E-state index >= 15 is 0 Å². The first kappa shape index (κ1) is 22.7. The minimum Gasteiger partial charge on any atom is -0.461 e. The first-order valence-electron chi connectivity index (χ1n) is 11.2. The zero-order valence-electron chi connectivity index (χ0n) is 19.4. The molecule has 1 N–H and O–H groups in total. The summed E-state index contributed by atoms with van der Waals surface area (Å²) in [5, 5.41) is 17.0. The van der Waals surface area contributed by atoms with Crippen LogP contribution in [0, 0.1) is 13.8 Å². The molecule has 0 saturated carbocycles. The number of aromatic nitrogens is 5. The lowest BCUT2D eigenvalue weighted by Crippen LogP contribution is -2.13. The number of furan rings is 1. The topological polar surface area (TPSA) is 90.8 Å². The monoisotopic (exact) mass is 484 g/mol. The van der Waals surface area contributed by atoms with Crippen LogP contribution in [0.5, 0.6) is 0 Å². The number of rotatable bonds is 8. The number of hydrogen-bond acceptors (Lipinski definition) is 6.